The minimum atomic E-state index is -1.38. The number of carbonyl (C=O) groups is 2. The predicted octanol–water partition coefficient (Wildman–Crippen LogP) is 1.29. The van der Waals surface area contributed by atoms with E-state index in [-0.39, 0.29) is 18.4 Å². The number of Topliss-reactive ketones (excluding diaryl/α,β-unsaturated/α-hetero) is 1. The van der Waals surface area contributed by atoms with Crippen molar-refractivity contribution in [2.75, 3.05) is 6.61 Å². The van der Waals surface area contributed by atoms with Gasteiger partial charge in [-0.1, -0.05) is 0 Å². The van der Waals surface area contributed by atoms with Crippen LogP contribution in [0.3, 0.4) is 0 Å². The van der Waals surface area contributed by atoms with E-state index in [2.05, 4.69) is 0 Å². The molecule has 5 nitrogen and oxygen atoms in total. The maximum atomic E-state index is 13.8. The molecule has 3 rings (SSSR count). The molecule has 1 fully saturated rings. The van der Waals surface area contributed by atoms with E-state index in [1.807, 2.05) is 0 Å². The average molecular weight is 283 g/mol. The van der Waals surface area contributed by atoms with Crippen molar-refractivity contribution in [3.05, 3.63) is 35.3 Å². The smallest absolute Gasteiger partial charge is 0.340 e. The Morgan fingerprint density at radius 2 is 2.20 bits per heavy atom. The van der Waals surface area contributed by atoms with Crippen molar-refractivity contribution in [3.8, 4) is 0 Å². The van der Waals surface area contributed by atoms with Gasteiger partial charge in [0.05, 0.1) is 12.0 Å². The van der Waals surface area contributed by atoms with E-state index in [0.717, 1.165) is 6.08 Å². The van der Waals surface area contributed by atoms with E-state index < -0.39 is 40.9 Å². The molecule has 3 atom stereocenters. The predicted molar refractivity (Wildman–Crippen MR) is 62.6 cm³/mol. The molecule has 1 N–H and O–H groups in total. The second-order valence-electron chi connectivity index (χ2n) is 4.98. The van der Waals surface area contributed by atoms with Crippen LogP contribution in [0.1, 0.15) is 6.92 Å². The number of hydrogen-bond acceptors (Lipinski definition) is 4. The fraction of sp³-hybridized carbons (Fsp3) is 0.385. The second-order valence-corrected chi connectivity index (χ2v) is 4.98. The number of halogens is 2. The molecule has 0 aromatic carbocycles. The van der Waals surface area contributed by atoms with Crippen molar-refractivity contribution >= 4 is 11.8 Å². The Bertz CT molecular complexity index is 607. The van der Waals surface area contributed by atoms with E-state index in [9.17, 15) is 18.4 Å². The monoisotopic (exact) mass is 283 g/mol. The van der Waals surface area contributed by atoms with Gasteiger partial charge in [-0.25, -0.2) is 9.18 Å². The molecule has 0 radical (unpaired) electrons. The van der Waals surface area contributed by atoms with Gasteiger partial charge in [-0.05, 0) is 13.0 Å². The first-order chi connectivity index (χ1) is 9.41. The fourth-order valence-electron chi connectivity index (χ4n) is 2.75. The van der Waals surface area contributed by atoms with E-state index in [1.54, 1.807) is 11.8 Å². The van der Waals surface area contributed by atoms with Gasteiger partial charge in [0.2, 0.25) is 0 Å². The molecule has 7 heteroatoms. The average Bonchev–Trinajstić information content (AvgIpc) is 2.39. The van der Waals surface area contributed by atoms with Crippen LogP contribution in [0.2, 0.25) is 0 Å². The summed E-state index contributed by atoms with van der Waals surface area (Å²) in [6, 6.07) is -1.05. The Morgan fingerprint density at radius 1 is 1.50 bits per heavy atom. The van der Waals surface area contributed by atoms with Crippen LogP contribution in [0.5, 0.6) is 0 Å². The Morgan fingerprint density at radius 3 is 2.85 bits per heavy atom. The zero-order valence-corrected chi connectivity index (χ0v) is 10.5. The highest BCUT2D eigenvalue weighted by atomic mass is 19.2. The van der Waals surface area contributed by atoms with Gasteiger partial charge in [0, 0.05) is 6.20 Å². The van der Waals surface area contributed by atoms with Gasteiger partial charge in [0.1, 0.15) is 18.2 Å². The Balaban J connectivity index is 2.17. The fourth-order valence-corrected chi connectivity index (χ4v) is 2.75. The molecule has 0 amide bonds. The molecule has 1 aliphatic carbocycles. The van der Waals surface area contributed by atoms with Crippen LogP contribution in [0.15, 0.2) is 35.3 Å². The number of rotatable bonds is 1. The molecule has 20 heavy (non-hydrogen) atoms. The van der Waals surface area contributed by atoms with Gasteiger partial charge in [0.25, 0.3) is 0 Å². The standard InChI is InChI=1S/C13H11F2NO4/c1-5-4-20-12-9(15)8(14)2-6-10(12)16(5)3-7(11(6)17)13(18)19/h2-3,5-6,10H,4H2,1H3,(H,18,19)/t5-,6+,10-/m0/s1. The third kappa shape index (κ3) is 1.59. The molecule has 0 unspecified atom stereocenters. The SMILES string of the molecule is C[C@H]1COC2=C(F)C(F)=C[C@H]3C(=O)C(C(=O)O)=CN1[C@H]23. The van der Waals surface area contributed by atoms with Gasteiger partial charge in [-0.3, -0.25) is 4.79 Å². The van der Waals surface area contributed by atoms with Crippen LogP contribution >= 0.6 is 0 Å². The highest BCUT2D eigenvalue weighted by molar-refractivity contribution is 6.18. The first-order valence-electron chi connectivity index (χ1n) is 6.08. The molecule has 0 aromatic rings. The van der Waals surface area contributed by atoms with Crippen LogP contribution in [0, 0.1) is 5.92 Å². The van der Waals surface area contributed by atoms with Crippen LogP contribution in [-0.4, -0.2) is 40.4 Å². The maximum absolute atomic E-state index is 13.8. The normalized spacial score (nSPS) is 32.2. The zero-order chi connectivity index (χ0) is 14.6. The summed E-state index contributed by atoms with van der Waals surface area (Å²) in [7, 11) is 0. The first-order valence-corrected chi connectivity index (χ1v) is 6.08. The van der Waals surface area contributed by atoms with Crippen molar-refractivity contribution in [1.82, 2.24) is 4.90 Å². The van der Waals surface area contributed by atoms with E-state index >= 15 is 0 Å². The number of aliphatic carboxylic acids is 1. The highest BCUT2D eigenvalue weighted by Crippen LogP contribution is 2.41. The summed E-state index contributed by atoms with van der Waals surface area (Å²) >= 11 is 0. The highest BCUT2D eigenvalue weighted by Gasteiger charge is 2.49. The number of hydrogen-bond donors (Lipinski definition) is 1. The topological polar surface area (TPSA) is 66.8 Å². The van der Waals surface area contributed by atoms with Gasteiger partial charge in [0.15, 0.2) is 23.2 Å². The minimum Gasteiger partial charge on any atom is -0.490 e. The van der Waals surface area contributed by atoms with Gasteiger partial charge in [-0.15, -0.1) is 0 Å². The van der Waals surface area contributed by atoms with Crippen molar-refractivity contribution in [1.29, 1.82) is 0 Å². The van der Waals surface area contributed by atoms with Crippen molar-refractivity contribution in [3.63, 3.8) is 0 Å². The number of carboxylic acid groups (broad SMARTS) is 1. The molecule has 1 saturated heterocycles. The molecule has 2 aliphatic heterocycles. The van der Waals surface area contributed by atoms with E-state index in [0.29, 0.717) is 0 Å². The lowest BCUT2D eigenvalue weighted by atomic mass is 9.81. The summed E-state index contributed by atoms with van der Waals surface area (Å²) in [4.78, 5) is 24.8. The van der Waals surface area contributed by atoms with Crippen molar-refractivity contribution in [2.45, 2.75) is 19.0 Å². The maximum Gasteiger partial charge on any atom is 0.340 e. The molecule has 0 spiro atoms. The van der Waals surface area contributed by atoms with Crippen LogP contribution in [0.4, 0.5) is 8.78 Å². The summed E-state index contributed by atoms with van der Waals surface area (Å²) in [6.45, 7) is 1.85. The third-order valence-electron chi connectivity index (χ3n) is 3.75. The Kier molecular flexibility index (Phi) is 2.67. The summed E-state index contributed by atoms with van der Waals surface area (Å²) in [6.07, 6.45) is 2.03. The molecular formula is C13H11F2NO4. The summed E-state index contributed by atoms with van der Waals surface area (Å²) in [5, 5.41) is 9.05. The van der Waals surface area contributed by atoms with Crippen LogP contribution in [-0.2, 0) is 14.3 Å². The molecule has 0 aromatic heterocycles. The minimum absolute atomic E-state index is 0.0941. The van der Waals surface area contributed by atoms with Gasteiger partial charge < -0.3 is 14.7 Å². The second kappa shape index (κ2) is 4.16. The quantitative estimate of drug-likeness (QED) is 0.735. The van der Waals surface area contributed by atoms with Gasteiger partial charge in [-0.2, -0.15) is 4.39 Å². The molecule has 3 aliphatic rings. The molecule has 0 bridgehead atoms. The van der Waals surface area contributed by atoms with Gasteiger partial charge >= 0.3 is 5.97 Å². The summed E-state index contributed by atoms with van der Waals surface area (Å²) < 4.78 is 32.5. The lowest BCUT2D eigenvalue weighted by Crippen LogP contribution is -2.56. The Labute approximate surface area is 112 Å². The molecule has 106 valence electrons. The van der Waals surface area contributed by atoms with E-state index in [4.69, 9.17) is 9.84 Å². The largest absolute Gasteiger partial charge is 0.490 e. The number of allylic oxidation sites excluding steroid dienone is 2. The Hall–Kier alpha value is -2.18. The number of nitrogens with zero attached hydrogens (tertiary/aromatic N) is 1. The summed E-state index contributed by atoms with van der Waals surface area (Å²) in [5.41, 5.74) is -0.425. The van der Waals surface area contributed by atoms with Crippen molar-refractivity contribution < 1.29 is 28.2 Å². The van der Waals surface area contributed by atoms with E-state index in [1.165, 1.54) is 6.20 Å². The first kappa shape index (κ1) is 12.8. The van der Waals surface area contributed by atoms with Crippen molar-refractivity contribution in [2.24, 2.45) is 5.92 Å². The lowest BCUT2D eigenvalue weighted by Gasteiger charge is -2.47. The molecule has 2 heterocycles. The molecule has 0 saturated carbocycles. The lowest BCUT2D eigenvalue weighted by molar-refractivity contribution is -0.137. The van der Waals surface area contributed by atoms with Crippen LogP contribution < -0.4 is 0 Å². The van der Waals surface area contributed by atoms with Crippen LogP contribution in [0.25, 0.3) is 0 Å². The number of carboxylic acids is 1. The zero-order valence-electron chi connectivity index (χ0n) is 10.5. The summed E-state index contributed by atoms with van der Waals surface area (Å²) in [5.74, 6) is -5.74. The molecular weight excluding hydrogens is 272 g/mol. The number of carbonyl (C=O) groups excluding carboxylic acids is 1. The number of ketones is 1. The third-order valence-corrected chi connectivity index (χ3v) is 3.75. The number of morpholine rings is 1. The number of ether oxygens (including phenoxy) is 1.